The molecule has 2 amide bonds. The van der Waals surface area contributed by atoms with E-state index in [-0.39, 0.29) is 6.03 Å². The Balaban J connectivity index is 1.38. The second-order valence-electron chi connectivity index (χ2n) is 6.73. The monoisotopic (exact) mass is 400 g/mol. The molecule has 3 nitrogen and oxygen atoms in total. The maximum Gasteiger partial charge on any atom is 0.317 e. The van der Waals surface area contributed by atoms with Gasteiger partial charge < -0.3 is 10.2 Å². The van der Waals surface area contributed by atoms with Gasteiger partial charge in [0.15, 0.2) is 0 Å². The molecule has 0 bridgehead atoms. The van der Waals surface area contributed by atoms with Crippen molar-refractivity contribution in [3.8, 4) is 0 Å². The molecule has 2 aromatic rings. The lowest BCUT2D eigenvalue weighted by atomic mass is 9.90. The smallest absolute Gasteiger partial charge is 0.317 e. The molecule has 0 aliphatic carbocycles. The molecular weight excluding hydrogens is 376 g/mol. The fourth-order valence-electron chi connectivity index (χ4n) is 3.41. The summed E-state index contributed by atoms with van der Waals surface area (Å²) in [7, 11) is 0. The number of amides is 2. The lowest BCUT2D eigenvalue weighted by molar-refractivity contribution is 0.170. The van der Waals surface area contributed by atoms with E-state index in [0.29, 0.717) is 12.5 Å². The van der Waals surface area contributed by atoms with E-state index < -0.39 is 0 Å². The third-order valence-electron chi connectivity index (χ3n) is 4.85. The lowest BCUT2D eigenvalue weighted by Gasteiger charge is -2.32. The maximum absolute atomic E-state index is 12.3. The molecule has 0 aromatic heterocycles. The first-order chi connectivity index (χ1) is 12.2. The average molecular weight is 401 g/mol. The van der Waals surface area contributed by atoms with Crippen molar-refractivity contribution in [3.63, 3.8) is 0 Å². The molecule has 2 aromatic carbocycles. The number of nitrogens with one attached hydrogen (secondary N) is 1. The Labute approximate surface area is 158 Å². The van der Waals surface area contributed by atoms with Crippen LogP contribution < -0.4 is 5.32 Å². The first-order valence-electron chi connectivity index (χ1n) is 9.02. The second-order valence-corrected chi connectivity index (χ2v) is 7.65. The molecule has 1 N–H and O–H groups in total. The normalized spacial score (nSPS) is 15.2. The van der Waals surface area contributed by atoms with E-state index >= 15 is 0 Å². The Hall–Kier alpha value is -1.81. The topological polar surface area (TPSA) is 32.3 Å². The number of piperidine rings is 1. The van der Waals surface area contributed by atoms with Crippen LogP contribution >= 0.6 is 15.9 Å². The van der Waals surface area contributed by atoms with E-state index in [1.807, 2.05) is 17.0 Å². The Morgan fingerprint density at radius 2 is 1.76 bits per heavy atom. The maximum atomic E-state index is 12.3. The van der Waals surface area contributed by atoms with Crippen molar-refractivity contribution in [2.45, 2.75) is 25.7 Å². The number of carbonyl (C=O) groups excluding carboxylic acids is 1. The van der Waals surface area contributed by atoms with Gasteiger partial charge in [-0.2, -0.15) is 0 Å². The van der Waals surface area contributed by atoms with E-state index in [9.17, 15) is 4.79 Å². The third-order valence-corrected chi connectivity index (χ3v) is 5.34. The molecule has 1 saturated heterocycles. The largest absolute Gasteiger partial charge is 0.338 e. The minimum Gasteiger partial charge on any atom is -0.338 e. The minimum absolute atomic E-state index is 0.0770. The zero-order valence-electron chi connectivity index (χ0n) is 14.5. The van der Waals surface area contributed by atoms with E-state index in [4.69, 9.17) is 0 Å². The third kappa shape index (κ3) is 5.60. The van der Waals surface area contributed by atoms with Crippen molar-refractivity contribution in [1.82, 2.24) is 10.2 Å². The zero-order valence-corrected chi connectivity index (χ0v) is 16.0. The number of carbonyl (C=O) groups is 1. The molecule has 0 spiro atoms. The summed E-state index contributed by atoms with van der Waals surface area (Å²) >= 11 is 3.48. The summed E-state index contributed by atoms with van der Waals surface area (Å²) in [5, 5.41) is 3.06. The van der Waals surface area contributed by atoms with Gasteiger partial charge >= 0.3 is 6.03 Å². The van der Waals surface area contributed by atoms with Crippen molar-refractivity contribution in [2.75, 3.05) is 19.6 Å². The average Bonchev–Trinajstić information content (AvgIpc) is 2.63. The summed E-state index contributed by atoms with van der Waals surface area (Å²) in [5.41, 5.74) is 2.63. The molecule has 0 atom stereocenters. The van der Waals surface area contributed by atoms with Crippen molar-refractivity contribution in [3.05, 3.63) is 70.2 Å². The van der Waals surface area contributed by atoms with Gasteiger partial charge in [0.1, 0.15) is 0 Å². The fraction of sp³-hybridized carbons (Fsp3) is 0.381. The number of halogens is 1. The van der Waals surface area contributed by atoms with Crippen molar-refractivity contribution in [2.24, 2.45) is 5.92 Å². The molecule has 1 aliphatic rings. The predicted molar refractivity (Wildman–Crippen MR) is 106 cm³/mol. The van der Waals surface area contributed by atoms with Crippen LogP contribution in [0, 0.1) is 5.92 Å². The number of rotatable bonds is 5. The summed E-state index contributed by atoms with van der Waals surface area (Å²) in [6, 6.07) is 19.0. The van der Waals surface area contributed by atoms with Crippen LogP contribution in [-0.4, -0.2) is 30.6 Å². The van der Waals surface area contributed by atoms with Gasteiger partial charge in [0, 0.05) is 24.1 Å². The molecule has 1 fully saturated rings. The van der Waals surface area contributed by atoms with Crippen LogP contribution in [-0.2, 0) is 12.8 Å². The highest BCUT2D eigenvalue weighted by Gasteiger charge is 2.22. The van der Waals surface area contributed by atoms with E-state index in [0.717, 1.165) is 43.2 Å². The van der Waals surface area contributed by atoms with Gasteiger partial charge in [-0.1, -0.05) is 58.4 Å². The van der Waals surface area contributed by atoms with Gasteiger partial charge in [-0.15, -0.1) is 0 Å². The van der Waals surface area contributed by atoms with Gasteiger partial charge in [-0.05, 0) is 54.9 Å². The molecule has 1 heterocycles. The van der Waals surface area contributed by atoms with Gasteiger partial charge in [-0.25, -0.2) is 4.79 Å². The predicted octanol–water partition coefficient (Wildman–Crippen LogP) is 4.66. The molecule has 4 heteroatoms. The molecule has 3 rings (SSSR count). The number of benzene rings is 2. The van der Waals surface area contributed by atoms with Crippen molar-refractivity contribution in [1.29, 1.82) is 0 Å². The highest BCUT2D eigenvalue weighted by molar-refractivity contribution is 9.10. The summed E-state index contributed by atoms with van der Waals surface area (Å²) in [5.74, 6) is 0.688. The summed E-state index contributed by atoms with van der Waals surface area (Å²) in [4.78, 5) is 14.3. The second kappa shape index (κ2) is 9.04. The van der Waals surface area contributed by atoms with Crippen LogP contribution in [0.2, 0.25) is 0 Å². The van der Waals surface area contributed by atoms with Crippen LogP contribution in [0.5, 0.6) is 0 Å². The standard InChI is InChI=1S/C21H25BrN2O/c22-20-8-4-7-18(16-20)9-12-23-21(25)24-13-10-19(11-14-24)15-17-5-2-1-3-6-17/h1-8,16,19H,9-15H2,(H,23,25). The fourth-order valence-corrected chi connectivity index (χ4v) is 3.85. The number of hydrogen-bond acceptors (Lipinski definition) is 1. The molecule has 25 heavy (non-hydrogen) atoms. The molecule has 0 radical (unpaired) electrons. The highest BCUT2D eigenvalue weighted by Crippen LogP contribution is 2.21. The Morgan fingerprint density at radius 3 is 2.48 bits per heavy atom. The molecule has 132 valence electrons. The number of urea groups is 1. The van der Waals surface area contributed by atoms with E-state index in [1.54, 1.807) is 0 Å². The van der Waals surface area contributed by atoms with Crippen LogP contribution in [0.3, 0.4) is 0 Å². The molecule has 0 unspecified atom stereocenters. The number of likely N-dealkylation sites (tertiary alicyclic amines) is 1. The highest BCUT2D eigenvalue weighted by atomic mass is 79.9. The number of nitrogens with zero attached hydrogens (tertiary/aromatic N) is 1. The van der Waals surface area contributed by atoms with Crippen LogP contribution in [0.4, 0.5) is 4.79 Å². The molecule has 0 saturated carbocycles. The van der Waals surface area contributed by atoms with Crippen molar-refractivity contribution < 1.29 is 4.79 Å². The van der Waals surface area contributed by atoms with Gasteiger partial charge in [0.05, 0.1) is 0 Å². The minimum atomic E-state index is 0.0770. The van der Waals surface area contributed by atoms with Crippen LogP contribution in [0.1, 0.15) is 24.0 Å². The zero-order chi connectivity index (χ0) is 17.5. The van der Waals surface area contributed by atoms with Crippen molar-refractivity contribution >= 4 is 22.0 Å². The Morgan fingerprint density at radius 1 is 1.04 bits per heavy atom. The van der Waals surface area contributed by atoms with Crippen LogP contribution in [0.25, 0.3) is 0 Å². The van der Waals surface area contributed by atoms with E-state index in [1.165, 1.54) is 11.1 Å². The van der Waals surface area contributed by atoms with Gasteiger partial charge in [-0.3, -0.25) is 0 Å². The summed E-state index contributed by atoms with van der Waals surface area (Å²) in [6.45, 7) is 2.40. The van der Waals surface area contributed by atoms with Gasteiger partial charge in [0.2, 0.25) is 0 Å². The van der Waals surface area contributed by atoms with Crippen LogP contribution in [0.15, 0.2) is 59.1 Å². The lowest BCUT2D eigenvalue weighted by Crippen LogP contribution is -2.45. The van der Waals surface area contributed by atoms with E-state index in [2.05, 4.69) is 63.7 Å². The Kier molecular flexibility index (Phi) is 6.51. The molecule has 1 aliphatic heterocycles. The summed E-state index contributed by atoms with van der Waals surface area (Å²) in [6.07, 6.45) is 4.16. The Bertz CT molecular complexity index is 681. The first-order valence-corrected chi connectivity index (χ1v) is 9.81. The first kappa shape index (κ1) is 18.0. The SMILES string of the molecule is O=C(NCCc1cccc(Br)c1)N1CCC(Cc2ccccc2)CC1. The quantitative estimate of drug-likeness (QED) is 0.777. The van der Waals surface area contributed by atoms with Gasteiger partial charge in [0.25, 0.3) is 0 Å². The number of hydrogen-bond donors (Lipinski definition) is 1. The molecular formula is C21H25BrN2O. The summed E-state index contributed by atoms with van der Waals surface area (Å²) < 4.78 is 1.08.